The van der Waals surface area contributed by atoms with E-state index < -0.39 is 5.82 Å². The fraction of sp³-hybridized carbons (Fsp3) is 0.417. The van der Waals surface area contributed by atoms with Crippen molar-refractivity contribution in [2.45, 2.75) is 0 Å². The van der Waals surface area contributed by atoms with Gasteiger partial charge in [-0.25, -0.2) is 4.39 Å². The molecule has 98 valence electrons. The Morgan fingerprint density at radius 2 is 2.17 bits per heavy atom. The van der Waals surface area contributed by atoms with E-state index in [0.717, 1.165) is 26.2 Å². The number of carbonyl (C=O) groups excluding carboxylic acids is 1. The van der Waals surface area contributed by atoms with Crippen molar-refractivity contribution in [3.63, 3.8) is 0 Å². The van der Waals surface area contributed by atoms with Crippen LogP contribution >= 0.6 is 11.6 Å². The Balaban J connectivity index is 1.92. The third-order valence-electron chi connectivity index (χ3n) is 2.78. The summed E-state index contributed by atoms with van der Waals surface area (Å²) in [4.78, 5) is 13.8. The molecule has 6 heteroatoms. The molecule has 1 aromatic rings. The van der Waals surface area contributed by atoms with Crippen LogP contribution in [0.1, 0.15) is 0 Å². The molecule has 1 saturated heterocycles. The minimum Gasteiger partial charge on any atom is -0.324 e. The summed E-state index contributed by atoms with van der Waals surface area (Å²) in [6.45, 7) is 3.74. The van der Waals surface area contributed by atoms with Gasteiger partial charge in [0.15, 0.2) is 0 Å². The van der Waals surface area contributed by atoms with Crippen LogP contribution in [0.4, 0.5) is 10.1 Å². The number of amides is 1. The van der Waals surface area contributed by atoms with E-state index in [1.165, 1.54) is 18.2 Å². The molecular weight excluding hydrogens is 257 g/mol. The Morgan fingerprint density at radius 3 is 2.89 bits per heavy atom. The number of carbonyl (C=O) groups is 1. The van der Waals surface area contributed by atoms with Gasteiger partial charge in [0.2, 0.25) is 5.91 Å². The molecule has 0 saturated carbocycles. The molecule has 1 aromatic carbocycles. The summed E-state index contributed by atoms with van der Waals surface area (Å²) in [5.74, 6) is -0.596. The second-order valence-corrected chi connectivity index (χ2v) is 4.61. The van der Waals surface area contributed by atoms with Crippen molar-refractivity contribution in [2.75, 3.05) is 38.0 Å². The second kappa shape index (κ2) is 6.13. The topological polar surface area (TPSA) is 44.4 Å². The molecule has 0 bridgehead atoms. The fourth-order valence-electron chi connectivity index (χ4n) is 1.86. The number of hydrogen-bond acceptors (Lipinski definition) is 3. The standard InChI is InChI=1S/C12H15ClFN3O/c13-10-2-1-9(14)7-11(10)16-12(18)8-17-5-3-15-4-6-17/h1-2,7,15H,3-6,8H2,(H,16,18). The van der Waals surface area contributed by atoms with E-state index in [9.17, 15) is 9.18 Å². The third kappa shape index (κ3) is 3.66. The number of halogens is 2. The van der Waals surface area contributed by atoms with Gasteiger partial charge in [-0.2, -0.15) is 0 Å². The maximum atomic E-state index is 13.0. The van der Waals surface area contributed by atoms with Crippen molar-refractivity contribution in [3.05, 3.63) is 29.0 Å². The Kier molecular flexibility index (Phi) is 4.52. The molecule has 0 aromatic heterocycles. The first-order valence-electron chi connectivity index (χ1n) is 5.83. The van der Waals surface area contributed by atoms with Crippen LogP contribution in [0.15, 0.2) is 18.2 Å². The zero-order valence-corrected chi connectivity index (χ0v) is 10.6. The Hall–Kier alpha value is -1.17. The van der Waals surface area contributed by atoms with E-state index in [1.54, 1.807) is 0 Å². The number of anilines is 1. The van der Waals surface area contributed by atoms with Gasteiger partial charge in [0, 0.05) is 26.2 Å². The highest BCUT2D eigenvalue weighted by Crippen LogP contribution is 2.22. The molecular formula is C12H15ClFN3O. The van der Waals surface area contributed by atoms with Crippen molar-refractivity contribution in [1.29, 1.82) is 0 Å². The number of rotatable bonds is 3. The summed E-state index contributed by atoms with van der Waals surface area (Å²) in [5.41, 5.74) is 0.316. The maximum Gasteiger partial charge on any atom is 0.238 e. The predicted octanol–water partition coefficient (Wildman–Crippen LogP) is 1.32. The molecule has 0 atom stereocenters. The minimum atomic E-state index is -0.420. The third-order valence-corrected chi connectivity index (χ3v) is 3.11. The molecule has 1 heterocycles. The van der Waals surface area contributed by atoms with Gasteiger partial charge >= 0.3 is 0 Å². The van der Waals surface area contributed by atoms with Gasteiger partial charge in [-0.15, -0.1) is 0 Å². The highest BCUT2D eigenvalue weighted by molar-refractivity contribution is 6.33. The van der Waals surface area contributed by atoms with Crippen LogP contribution in [0.5, 0.6) is 0 Å². The normalized spacial score (nSPS) is 16.6. The van der Waals surface area contributed by atoms with E-state index in [2.05, 4.69) is 10.6 Å². The number of benzene rings is 1. The van der Waals surface area contributed by atoms with Gasteiger partial charge in [0.05, 0.1) is 17.3 Å². The number of hydrogen-bond donors (Lipinski definition) is 2. The maximum absolute atomic E-state index is 13.0. The van der Waals surface area contributed by atoms with Crippen LogP contribution in [0.2, 0.25) is 5.02 Å². The summed E-state index contributed by atoms with van der Waals surface area (Å²) in [6, 6.07) is 3.91. The van der Waals surface area contributed by atoms with Crippen molar-refractivity contribution in [3.8, 4) is 0 Å². The molecule has 18 heavy (non-hydrogen) atoms. The Labute approximate surface area is 110 Å². The van der Waals surface area contributed by atoms with Crippen LogP contribution in [0.25, 0.3) is 0 Å². The quantitative estimate of drug-likeness (QED) is 0.872. The number of piperazine rings is 1. The average Bonchev–Trinajstić information content (AvgIpc) is 2.35. The highest BCUT2D eigenvalue weighted by atomic mass is 35.5. The van der Waals surface area contributed by atoms with E-state index in [1.807, 2.05) is 4.90 Å². The first-order valence-corrected chi connectivity index (χ1v) is 6.21. The molecule has 1 aliphatic heterocycles. The first-order chi connectivity index (χ1) is 8.65. The summed E-state index contributed by atoms with van der Waals surface area (Å²) in [7, 11) is 0. The van der Waals surface area contributed by atoms with Crippen LogP contribution in [0, 0.1) is 5.82 Å². The first kappa shape index (κ1) is 13.3. The van der Waals surface area contributed by atoms with Gasteiger partial charge in [0.25, 0.3) is 0 Å². The van der Waals surface area contributed by atoms with E-state index in [4.69, 9.17) is 11.6 Å². The lowest BCUT2D eigenvalue weighted by molar-refractivity contribution is -0.117. The molecule has 2 N–H and O–H groups in total. The van der Waals surface area contributed by atoms with E-state index in [-0.39, 0.29) is 5.91 Å². The lowest BCUT2D eigenvalue weighted by atomic mass is 10.3. The van der Waals surface area contributed by atoms with E-state index >= 15 is 0 Å². The van der Waals surface area contributed by atoms with Crippen molar-refractivity contribution < 1.29 is 9.18 Å². The summed E-state index contributed by atoms with van der Waals surface area (Å²) in [6.07, 6.45) is 0. The van der Waals surface area contributed by atoms with Crippen LogP contribution < -0.4 is 10.6 Å². The van der Waals surface area contributed by atoms with Crippen molar-refractivity contribution in [2.24, 2.45) is 0 Å². The smallest absolute Gasteiger partial charge is 0.238 e. The van der Waals surface area contributed by atoms with Gasteiger partial charge < -0.3 is 10.6 Å². The summed E-state index contributed by atoms with van der Waals surface area (Å²) in [5, 5.41) is 6.17. The fourth-order valence-corrected chi connectivity index (χ4v) is 2.02. The SMILES string of the molecule is O=C(CN1CCNCC1)Nc1cc(F)ccc1Cl. The molecule has 4 nitrogen and oxygen atoms in total. The minimum absolute atomic E-state index is 0.176. The molecule has 2 rings (SSSR count). The molecule has 1 aliphatic rings. The van der Waals surface area contributed by atoms with Gasteiger partial charge in [-0.1, -0.05) is 11.6 Å². The Bertz CT molecular complexity index is 435. The molecule has 1 fully saturated rings. The summed E-state index contributed by atoms with van der Waals surface area (Å²) >= 11 is 5.88. The number of nitrogens with one attached hydrogen (secondary N) is 2. The average molecular weight is 272 g/mol. The lowest BCUT2D eigenvalue weighted by Gasteiger charge is -2.26. The molecule has 0 unspecified atom stereocenters. The van der Waals surface area contributed by atoms with Crippen LogP contribution in [-0.4, -0.2) is 43.5 Å². The molecule has 0 aliphatic carbocycles. The van der Waals surface area contributed by atoms with E-state index in [0.29, 0.717) is 17.3 Å². The number of nitrogens with zero attached hydrogens (tertiary/aromatic N) is 1. The largest absolute Gasteiger partial charge is 0.324 e. The summed E-state index contributed by atoms with van der Waals surface area (Å²) < 4.78 is 13.0. The predicted molar refractivity (Wildman–Crippen MR) is 69.3 cm³/mol. The molecule has 0 spiro atoms. The molecule has 1 amide bonds. The van der Waals surface area contributed by atoms with Crippen molar-refractivity contribution >= 4 is 23.2 Å². The zero-order valence-electron chi connectivity index (χ0n) is 9.88. The van der Waals surface area contributed by atoms with Gasteiger partial charge in [0.1, 0.15) is 5.82 Å². The van der Waals surface area contributed by atoms with Crippen LogP contribution in [0.3, 0.4) is 0 Å². The zero-order chi connectivity index (χ0) is 13.0. The highest BCUT2D eigenvalue weighted by Gasteiger charge is 2.14. The van der Waals surface area contributed by atoms with Crippen LogP contribution in [-0.2, 0) is 4.79 Å². The van der Waals surface area contributed by atoms with Crippen molar-refractivity contribution in [1.82, 2.24) is 10.2 Å². The Morgan fingerprint density at radius 1 is 1.44 bits per heavy atom. The van der Waals surface area contributed by atoms with Gasteiger partial charge in [-0.05, 0) is 18.2 Å². The lowest BCUT2D eigenvalue weighted by Crippen LogP contribution is -2.46. The monoisotopic (exact) mass is 271 g/mol. The second-order valence-electron chi connectivity index (χ2n) is 4.20. The van der Waals surface area contributed by atoms with Gasteiger partial charge in [-0.3, -0.25) is 9.69 Å². The molecule has 0 radical (unpaired) electrons.